The lowest BCUT2D eigenvalue weighted by Gasteiger charge is -2.12. The zero-order valence-corrected chi connectivity index (χ0v) is 9.79. The highest BCUT2D eigenvalue weighted by atomic mass is 79.9. The van der Waals surface area contributed by atoms with Crippen LogP contribution in [0.2, 0.25) is 0 Å². The molecule has 1 N–H and O–H groups in total. The number of amides is 1. The Hall–Kier alpha value is -0.770. The summed E-state index contributed by atoms with van der Waals surface area (Å²) < 4.78 is 5.63. The van der Waals surface area contributed by atoms with E-state index in [1.54, 1.807) is 6.07 Å². The molecule has 1 aromatic heterocycles. The normalized spacial score (nSPS) is 32.5. The number of carbonyl (C=O) groups excluding carboxylic acids is 1. The molecule has 3 rings (SSSR count). The second-order valence-corrected chi connectivity index (χ2v) is 5.32. The van der Waals surface area contributed by atoms with Crippen LogP contribution < -0.4 is 5.32 Å². The summed E-state index contributed by atoms with van der Waals surface area (Å²) in [5, 5.41) is 3.05. The van der Waals surface area contributed by atoms with Crippen LogP contribution in [-0.2, 0) is 0 Å². The molecule has 2 aliphatic carbocycles. The van der Waals surface area contributed by atoms with Crippen LogP contribution in [0.5, 0.6) is 0 Å². The first-order valence-corrected chi connectivity index (χ1v) is 6.06. The van der Waals surface area contributed by atoms with Crippen molar-refractivity contribution in [2.24, 2.45) is 11.8 Å². The summed E-state index contributed by atoms with van der Waals surface area (Å²) in [6.07, 6.45) is 5.18. The number of hydrogen-bond acceptors (Lipinski definition) is 2. The topological polar surface area (TPSA) is 42.2 Å². The molecular weight excluding hydrogens is 258 g/mol. The first-order chi connectivity index (χ1) is 7.22. The monoisotopic (exact) mass is 269 g/mol. The molecule has 0 radical (unpaired) electrons. The van der Waals surface area contributed by atoms with Gasteiger partial charge >= 0.3 is 0 Å². The van der Waals surface area contributed by atoms with Crippen LogP contribution in [0.25, 0.3) is 0 Å². The van der Waals surface area contributed by atoms with Crippen LogP contribution >= 0.6 is 15.9 Å². The van der Waals surface area contributed by atoms with Crippen LogP contribution in [0.3, 0.4) is 0 Å². The third-order valence-electron chi connectivity index (χ3n) is 3.41. The van der Waals surface area contributed by atoms with E-state index in [9.17, 15) is 4.79 Å². The molecule has 80 valence electrons. The van der Waals surface area contributed by atoms with E-state index in [0.717, 1.165) is 24.7 Å². The molecule has 2 atom stereocenters. The summed E-state index contributed by atoms with van der Waals surface area (Å²) in [6, 6.07) is 2.08. The minimum Gasteiger partial charge on any atom is -0.457 e. The molecule has 1 heterocycles. The van der Waals surface area contributed by atoms with Crippen molar-refractivity contribution in [2.45, 2.75) is 25.3 Å². The smallest absolute Gasteiger partial charge is 0.254 e. The summed E-state index contributed by atoms with van der Waals surface area (Å²) in [6.45, 7) is 0. The van der Waals surface area contributed by atoms with E-state index in [4.69, 9.17) is 4.42 Å². The first-order valence-electron chi connectivity index (χ1n) is 5.27. The van der Waals surface area contributed by atoms with Crippen LogP contribution in [0.1, 0.15) is 29.6 Å². The Kier molecular flexibility index (Phi) is 2.12. The number of halogens is 1. The van der Waals surface area contributed by atoms with Gasteiger partial charge in [-0.05, 0) is 47.0 Å². The van der Waals surface area contributed by atoms with E-state index < -0.39 is 0 Å². The number of fused-ring (bicyclic) bond motifs is 1. The van der Waals surface area contributed by atoms with Crippen molar-refractivity contribution in [3.8, 4) is 0 Å². The van der Waals surface area contributed by atoms with Gasteiger partial charge in [0, 0.05) is 12.1 Å². The van der Waals surface area contributed by atoms with Crippen molar-refractivity contribution in [1.82, 2.24) is 5.32 Å². The van der Waals surface area contributed by atoms with E-state index in [0.29, 0.717) is 16.3 Å². The van der Waals surface area contributed by atoms with Crippen LogP contribution in [-0.4, -0.2) is 11.9 Å². The Balaban J connectivity index is 1.61. The van der Waals surface area contributed by atoms with E-state index in [-0.39, 0.29) is 5.91 Å². The SMILES string of the molecule is O=C(NC1CC2CC2C1)c1coc(Br)c1. The van der Waals surface area contributed by atoms with Crippen molar-refractivity contribution < 1.29 is 9.21 Å². The predicted molar refractivity (Wildman–Crippen MR) is 58.5 cm³/mol. The van der Waals surface area contributed by atoms with Gasteiger partial charge in [0.2, 0.25) is 0 Å². The van der Waals surface area contributed by atoms with Gasteiger partial charge in [-0.25, -0.2) is 0 Å². The molecule has 2 saturated carbocycles. The molecule has 2 fully saturated rings. The molecule has 1 aromatic rings. The number of nitrogens with one attached hydrogen (secondary N) is 1. The Morgan fingerprint density at radius 1 is 1.40 bits per heavy atom. The van der Waals surface area contributed by atoms with Gasteiger partial charge in [0.25, 0.3) is 5.91 Å². The van der Waals surface area contributed by atoms with Crippen molar-refractivity contribution in [2.75, 3.05) is 0 Å². The molecular formula is C11H12BrNO2. The molecule has 0 bridgehead atoms. The highest BCUT2D eigenvalue weighted by molar-refractivity contribution is 9.10. The van der Waals surface area contributed by atoms with Gasteiger partial charge in [-0.15, -0.1) is 0 Å². The van der Waals surface area contributed by atoms with E-state index >= 15 is 0 Å². The molecule has 2 aliphatic rings. The molecule has 1 amide bonds. The maximum absolute atomic E-state index is 11.7. The Labute approximate surface area is 96.3 Å². The number of hydrogen-bond donors (Lipinski definition) is 1. The highest BCUT2D eigenvalue weighted by Gasteiger charge is 2.46. The van der Waals surface area contributed by atoms with Gasteiger partial charge in [-0.1, -0.05) is 0 Å². The molecule has 0 aliphatic heterocycles. The Morgan fingerprint density at radius 2 is 2.13 bits per heavy atom. The summed E-state index contributed by atoms with van der Waals surface area (Å²) in [5.41, 5.74) is 0.599. The second-order valence-electron chi connectivity index (χ2n) is 4.54. The lowest BCUT2D eigenvalue weighted by Crippen LogP contribution is -2.33. The minimum atomic E-state index is -0.0178. The average Bonchev–Trinajstić information content (AvgIpc) is 2.63. The van der Waals surface area contributed by atoms with Crippen molar-refractivity contribution in [1.29, 1.82) is 0 Å². The molecule has 15 heavy (non-hydrogen) atoms. The van der Waals surface area contributed by atoms with Crippen LogP contribution in [0.15, 0.2) is 21.4 Å². The molecule has 0 spiro atoms. The Bertz CT molecular complexity index is 391. The maximum atomic E-state index is 11.7. The van der Waals surface area contributed by atoms with Crippen LogP contribution in [0, 0.1) is 11.8 Å². The van der Waals surface area contributed by atoms with E-state index in [2.05, 4.69) is 21.2 Å². The predicted octanol–water partition coefficient (Wildman–Crippen LogP) is 2.57. The van der Waals surface area contributed by atoms with E-state index in [1.807, 2.05) is 0 Å². The van der Waals surface area contributed by atoms with Gasteiger partial charge in [0.1, 0.15) is 6.26 Å². The molecule has 0 saturated heterocycles. The number of furan rings is 1. The lowest BCUT2D eigenvalue weighted by atomic mass is 10.1. The molecule has 3 nitrogen and oxygen atoms in total. The zero-order chi connectivity index (χ0) is 10.4. The quantitative estimate of drug-likeness (QED) is 0.897. The van der Waals surface area contributed by atoms with Crippen LogP contribution in [0.4, 0.5) is 0 Å². The molecule has 4 heteroatoms. The second kappa shape index (κ2) is 3.37. The summed E-state index contributed by atoms with van der Waals surface area (Å²) in [5.74, 6) is 1.77. The van der Waals surface area contributed by atoms with Gasteiger partial charge in [-0.3, -0.25) is 4.79 Å². The fourth-order valence-corrected chi connectivity index (χ4v) is 2.87. The largest absolute Gasteiger partial charge is 0.457 e. The third kappa shape index (κ3) is 1.83. The van der Waals surface area contributed by atoms with Crippen molar-refractivity contribution in [3.63, 3.8) is 0 Å². The maximum Gasteiger partial charge on any atom is 0.254 e. The van der Waals surface area contributed by atoms with Gasteiger partial charge in [0.05, 0.1) is 5.56 Å². The van der Waals surface area contributed by atoms with Crippen molar-refractivity contribution in [3.05, 3.63) is 22.6 Å². The summed E-state index contributed by atoms with van der Waals surface area (Å²) in [4.78, 5) is 11.7. The zero-order valence-electron chi connectivity index (χ0n) is 8.20. The third-order valence-corrected chi connectivity index (χ3v) is 3.82. The standard InChI is InChI=1S/C11H12BrNO2/c12-10-4-8(5-15-10)11(14)13-9-2-6-1-7(6)3-9/h4-7,9H,1-3H2,(H,13,14). The number of carbonyl (C=O) groups is 1. The Morgan fingerprint density at radius 3 is 2.73 bits per heavy atom. The average molecular weight is 270 g/mol. The van der Waals surface area contributed by atoms with E-state index in [1.165, 1.54) is 12.7 Å². The fourth-order valence-electron chi connectivity index (χ4n) is 2.53. The summed E-state index contributed by atoms with van der Waals surface area (Å²) >= 11 is 3.18. The molecule has 2 unspecified atom stereocenters. The first kappa shape index (κ1) is 9.46. The van der Waals surface area contributed by atoms with Gasteiger partial charge in [0.15, 0.2) is 4.67 Å². The number of rotatable bonds is 2. The fraction of sp³-hybridized carbons (Fsp3) is 0.545. The lowest BCUT2D eigenvalue weighted by molar-refractivity contribution is 0.0935. The highest BCUT2D eigenvalue weighted by Crippen LogP contribution is 2.51. The molecule has 0 aromatic carbocycles. The summed E-state index contributed by atoms with van der Waals surface area (Å²) in [7, 11) is 0. The van der Waals surface area contributed by atoms with Crippen molar-refractivity contribution >= 4 is 21.8 Å². The van der Waals surface area contributed by atoms with Gasteiger partial charge in [-0.2, -0.15) is 0 Å². The minimum absolute atomic E-state index is 0.0178. The van der Waals surface area contributed by atoms with Gasteiger partial charge < -0.3 is 9.73 Å².